The number of halogens is 1. The molecule has 3 heterocycles. The van der Waals surface area contributed by atoms with E-state index in [2.05, 4.69) is 27.4 Å². The number of hydrogen-bond acceptors (Lipinski definition) is 3. The summed E-state index contributed by atoms with van der Waals surface area (Å²) in [5, 5.41) is 0. The number of piperazine rings is 1. The van der Waals surface area contributed by atoms with Gasteiger partial charge in [0, 0.05) is 58.2 Å². The van der Waals surface area contributed by atoms with Crippen LogP contribution >= 0.6 is 0 Å². The Labute approximate surface area is 165 Å². The Morgan fingerprint density at radius 1 is 1.00 bits per heavy atom. The van der Waals surface area contributed by atoms with E-state index in [1.54, 1.807) is 0 Å². The van der Waals surface area contributed by atoms with E-state index >= 15 is 0 Å². The Morgan fingerprint density at radius 2 is 1.68 bits per heavy atom. The fraction of sp³-hybridized carbons (Fsp3) is 0.409. The van der Waals surface area contributed by atoms with E-state index in [-0.39, 0.29) is 11.7 Å². The van der Waals surface area contributed by atoms with Crippen LogP contribution in [0.2, 0.25) is 0 Å². The predicted octanol–water partition coefficient (Wildman–Crippen LogP) is 3.19. The van der Waals surface area contributed by atoms with Crippen molar-refractivity contribution in [2.45, 2.75) is 13.3 Å². The third kappa shape index (κ3) is 3.39. The predicted molar refractivity (Wildman–Crippen MR) is 110 cm³/mol. The number of nitrogens with zero attached hydrogens (tertiary/aromatic N) is 4. The molecule has 0 spiro atoms. The van der Waals surface area contributed by atoms with Gasteiger partial charge in [-0.2, -0.15) is 0 Å². The lowest BCUT2D eigenvalue weighted by atomic mass is 10.1. The van der Waals surface area contributed by atoms with Crippen molar-refractivity contribution in [3.05, 3.63) is 59.7 Å². The minimum atomic E-state index is -0.205. The number of aromatic nitrogens is 1. The largest absolute Gasteiger partial charge is 0.368 e. The lowest BCUT2D eigenvalue weighted by Gasteiger charge is -2.38. The summed E-state index contributed by atoms with van der Waals surface area (Å²) in [6, 6.07) is 8.65. The van der Waals surface area contributed by atoms with Crippen molar-refractivity contribution < 1.29 is 9.18 Å². The Kier molecular flexibility index (Phi) is 5.11. The zero-order valence-electron chi connectivity index (χ0n) is 16.6. The van der Waals surface area contributed by atoms with E-state index in [0.29, 0.717) is 6.54 Å². The lowest BCUT2D eigenvalue weighted by molar-refractivity contribution is 0.0775. The van der Waals surface area contributed by atoms with Crippen LogP contribution in [0.25, 0.3) is 5.70 Å². The zero-order valence-corrected chi connectivity index (χ0v) is 16.6. The Bertz CT molecular complexity index is 878. The first-order chi connectivity index (χ1) is 13.6. The molecular formula is C22H27FN4O. The summed E-state index contributed by atoms with van der Waals surface area (Å²) in [4.78, 5) is 19.5. The molecule has 0 saturated carbocycles. The van der Waals surface area contributed by atoms with Gasteiger partial charge < -0.3 is 19.3 Å². The molecule has 0 atom stereocenters. The maximum atomic E-state index is 13.2. The molecule has 1 amide bonds. The minimum Gasteiger partial charge on any atom is -0.368 e. The fourth-order valence-electron chi connectivity index (χ4n) is 4.17. The van der Waals surface area contributed by atoms with Gasteiger partial charge in [0.25, 0.3) is 5.91 Å². The minimum absolute atomic E-state index is 0.119. The number of benzene rings is 1. The molecule has 0 bridgehead atoms. The van der Waals surface area contributed by atoms with Crippen molar-refractivity contribution in [3.8, 4) is 0 Å². The number of carbonyl (C=O) groups excluding carboxylic acids is 1. The average Bonchev–Trinajstić information content (AvgIpc) is 3.03. The second-order valence-corrected chi connectivity index (χ2v) is 7.48. The molecule has 4 rings (SSSR count). The van der Waals surface area contributed by atoms with Gasteiger partial charge in [-0.25, -0.2) is 4.39 Å². The molecule has 148 valence electrons. The van der Waals surface area contributed by atoms with Crippen LogP contribution in [0.5, 0.6) is 0 Å². The van der Waals surface area contributed by atoms with Crippen molar-refractivity contribution in [2.75, 3.05) is 44.2 Å². The number of aryl methyl sites for hydroxylation is 1. The molecule has 28 heavy (non-hydrogen) atoms. The molecule has 0 radical (unpaired) electrons. The summed E-state index contributed by atoms with van der Waals surface area (Å²) in [6.07, 6.45) is 5.13. The van der Waals surface area contributed by atoms with Gasteiger partial charge in [-0.05, 0) is 42.8 Å². The molecule has 1 fully saturated rings. The third-order valence-electron chi connectivity index (χ3n) is 5.64. The first-order valence-corrected chi connectivity index (χ1v) is 9.99. The van der Waals surface area contributed by atoms with Gasteiger partial charge in [-0.1, -0.05) is 6.92 Å². The Balaban J connectivity index is 1.55. The third-order valence-corrected chi connectivity index (χ3v) is 5.64. The highest BCUT2D eigenvalue weighted by Crippen LogP contribution is 2.29. The smallest absolute Gasteiger partial charge is 0.256 e. The van der Waals surface area contributed by atoms with E-state index in [9.17, 15) is 9.18 Å². The van der Waals surface area contributed by atoms with Gasteiger partial charge in [0.15, 0.2) is 0 Å². The van der Waals surface area contributed by atoms with Gasteiger partial charge in [0.05, 0.1) is 17.0 Å². The topological polar surface area (TPSA) is 31.7 Å². The first-order valence-electron chi connectivity index (χ1n) is 9.99. The van der Waals surface area contributed by atoms with E-state index in [4.69, 9.17) is 0 Å². The van der Waals surface area contributed by atoms with Crippen LogP contribution in [-0.2, 0) is 7.05 Å². The molecule has 5 nitrogen and oxygen atoms in total. The number of rotatable bonds is 4. The van der Waals surface area contributed by atoms with Crippen LogP contribution in [0.4, 0.5) is 10.1 Å². The maximum Gasteiger partial charge on any atom is 0.256 e. The second kappa shape index (κ2) is 7.70. The quantitative estimate of drug-likeness (QED) is 0.814. The number of carbonyl (C=O) groups is 1. The highest BCUT2D eigenvalue weighted by Gasteiger charge is 2.29. The molecule has 2 aliphatic heterocycles. The zero-order chi connectivity index (χ0) is 19.7. The molecular weight excluding hydrogens is 355 g/mol. The van der Waals surface area contributed by atoms with Gasteiger partial charge >= 0.3 is 0 Å². The van der Waals surface area contributed by atoms with E-state index in [1.807, 2.05) is 36.3 Å². The van der Waals surface area contributed by atoms with E-state index in [0.717, 1.165) is 61.8 Å². The van der Waals surface area contributed by atoms with Crippen molar-refractivity contribution in [1.82, 2.24) is 14.4 Å². The molecule has 1 aromatic heterocycles. The van der Waals surface area contributed by atoms with Gasteiger partial charge in [0.1, 0.15) is 5.82 Å². The summed E-state index contributed by atoms with van der Waals surface area (Å²) in [6.45, 7) is 7.00. The monoisotopic (exact) mass is 382 g/mol. The van der Waals surface area contributed by atoms with Crippen molar-refractivity contribution in [2.24, 2.45) is 7.05 Å². The highest BCUT2D eigenvalue weighted by atomic mass is 19.1. The number of hydrogen-bond donors (Lipinski definition) is 0. The summed E-state index contributed by atoms with van der Waals surface area (Å²) in [5.74, 6) is -0.0859. The molecule has 2 aliphatic rings. The van der Waals surface area contributed by atoms with Gasteiger partial charge in [-0.3, -0.25) is 4.79 Å². The van der Waals surface area contributed by atoms with Crippen LogP contribution in [0.3, 0.4) is 0 Å². The first kappa shape index (κ1) is 18.6. The Hall–Kier alpha value is -2.76. The van der Waals surface area contributed by atoms with Crippen LogP contribution in [0.15, 0.2) is 42.6 Å². The summed E-state index contributed by atoms with van der Waals surface area (Å²) >= 11 is 0. The lowest BCUT2D eigenvalue weighted by Crippen LogP contribution is -2.45. The van der Waals surface area contributed by atoms with Gasteiger partial charge in [0.2, 0.25) is 0 Å². The second-order valence-electron chi connectivity index (χ2n) is 7.48. The molecule has 1 saturated heterocycles. The number of amides is 1. The van der Waals surface area contributed by atoms with Crippen molar-refractivity contribution in [3.63, 3.8) is 0 Å². The van der Waals surface area contributed by atoms with Crippen LogP contribution < -0.4 is 4.90 Å². The van der Waals surface area contributed by atoms with Crippen molar-refractivity contribution >= 4 is 17.3 Å². The highest BCUT2D eigenvalue weighted by molar-refractivity contribution is 5.99. The standard InChI is InChI=1S/C22H27FN4O/c1-3-10-27-12-9-20(21-19(22(27)28)8-11-24(21)2)26-15-13-25(14-16-26)18-6-4-17(23)5-7-18/h4-9,11H,3,10,12-16H2,1-2H3. The van der Waals surface area contributed by atoms with Crippen LogP contribution in [0, 0.1) is 5.82 Å². The average molecular weight is 382 g/mol. The fourth-order valence-corrected chi connectivity index (χ4v) is 4.17. The van der Waals surface area contributed by atoms with Gasteiger partial charge in [-0.15, -0.1) is 0 Å². The van der Waals surface area contributed by atoms with E-state index < -0.39 is 0 Å². The molecule has 6 heteroatoms. The van der Waals surface area contributed by atoms with Crippen LogP contribution in [0.1, 0.15) is 29.4 Å². The maximum absolute atomic E-state index is 13.2. The number of fused-ring (bicyclic) bond motifs is 1. The molecule has 2 aromatic rings. The summed E-state index contributed by atoms with van der Waals surface area (Å²) < 4.78 is 15.3. The van der Waals surface area contributed by atoms with E-state index in [1.165, 1.54) is 12.1 Å². The van der Waals surface area contributed by atoms with Crippen molar-refractivity contribution in [1.29, 1.82) is 0 Å². The Morgan fingerprint density at radius 3 is 2.36 bits per heavy atom. The molecule has 0 aliphatic carbocycles. The normalized spacial score (nSPS) is 17.5. The number of anilines is 1. The summed E-state index contributed by atoms with van der Waals surface area (Å²) in [7, 11) is 2.00. The summed E-state index contributed by atoms with van der Waals surface area (Å²) in [5.41, 5.74) is 4.01. The molecule has 1 aromatic carbocycles. The SMILES string of the molecule is CCCN1CC=C(N2CCN(c3ccc(F)cc3)CC2)c2c(ccn2C)C1=O. The molecule has 0 unspecified atom stereocenters. The van der Waals surface area contributed by atoms with Crippen LogP contribution in [-0.4, -0.2) is 59.5 Å². The molecule has 0 N–H and O–H groups in total.